The summed E-state index contributed by atoms with van der Waals surface area (Å²) in [6.07, 6.45) is 5.25. The van der Waals surface area contributed by atoms with Gasteiger partial charge in [0, 0.05) is 13.0 Å². The molecule has 1 atom stereocenters. The maximum absolute atomic E-state index is 12.1. The van der Waals surface area contributed by atoms with Gasteiger partial charge in [-0.05, 0) is 12.8 Å². The molecule has 0 saturated heterocycles. The zero-order valence-electron chi connectivity index (χ0n) is 14.6. The van der Waals surface area contributed by atoms with Gasteiger partial charge in [0.05, 0.1) is 39.6 Å². The summed E-state index contributed by atoms with van der Waals surface area (Å²) < 4.78 is 20.9. The van der Waals surface area contributed by atoms with Crippen molar-refractivity contribution < 1.29 is 23.7 Å². The summed E-state index contributed by atoms with van der Waals surface area (Å²) in [5, 5.41) is 0. The number of carbonyl (C=O) groups is 1. The standard InChI is InChI=1S/C17H34O5/c1-4-6-8-16(7-5-2)17(18)15-22-14-13-21-12-11-20-10-9-19-3/h16H,4-15H2,1-3H3. The van der Waals surface area contributed by atoms with Crippen LogP contribution in [0.3, 0.4) is 0 Å². The van der Waals surface area contributed by atoms with E-state index in [2.05, 4.69) is 13.8 Å². The lowest BCUT2D eigenvalue weighted by Gasteiger charge is -2.14. The summed E-state index contributed by atoms with van der Waals surface area (Å²) in [4.78, 5) is 12.1. The first kappa shape index (κ1) is 21.5. The first-order chi connectivity index (χ1) is 10.8. The highest BCUT2D eigenvalue weighted by molar-refractivity contribution is 5.82. The Morgan fingerprint density at radius 3 is 1.95 bits per heavy atom. The fourth-order valence-electron chi connectivity index (χ4n) is 2.14. The summed E-state index contributed by atoms with van der Waals surface area (Å²) >= 11 is 0. The largest absolute Gasteiger partial charge is 0.382 e. The van der Waals surface area contributed by atoms with E-state index in [9.17, 15) is 4.79 Å². The van der Waals surface area contributed by atoms with Gasteiger partial charge in [0.2, 0.25) is 0 Å². The summed E-state index contributed by atoms with van der Waals surface area (Å²) in [7, 11) is 1.64. The van der Waals surface area contributed by atoms with E-state index < -0.39 is 0 Å². The minimum atomic E-state index is 0.167. The van der Waals surface area contributed by atoms with Crippen LogP contribution in [-0.4, -0.2) is 59.1 Å². The van der Waals surface area contributed by atoms with Crippen molar-refractivity contribution in [1.29, 1.82) is 0 Å². The first-order valence-electron chi connectivity index (χ1n) is 8.51. The second-order valence-corrected chi connectivity index (χ2v) is 5.36. The van der Waals surface area contributed by atoms with Crippen LogP contribution in [0.5, 0.6) is 0 Å². The van der Waals surface area contributed by atoms with E-state index in [0.717, 1.165) is 32.1 Å². The Morgan fingerprint density at radius 1 is 0.818 bits per heavy atom. The van der Waals surface area contributed by atoms with Crippen LogP contribution in [0.25, 0.3) is 0 Å². The molecule has 0 saturated carbocycles. The summed E-state index contributed by atoms with van der Waals surface area (Å²) in [6, 6.07) is 0. The van der Waals surface area contributed by atoms with E-state index in [1.165, 1.54) is 0 Å². The molecule has 0 aliphatic rings. The molecule has 0 spiro atoms. The highest BCUT2D eigenvalue weighted by Crippen LogP contribution is 2.16. The van der Waals surface area contributed by atoms with Gasteiger partial charge in [-0.2, -0.15) is 0 Å². The summed E-state index contributed by atoms with van der Waals surface area (Å²) in [6.45, 7) is 7.71. The number of hydrogen-bond acceptors (Lipinski definition) is 5. The molecule has 0 aromatic heterocycles. The van der Waals surface area contributed by atoms with E-state index in [0.29, 0.717) is 39.6 Å². The van der Waals surface area contributed by atoms with Gasteiger partial charge in [-0.25, -0.2) is 0 Å². The molecule has 0 aliphatic heterocycles. The molecule has 132 valence electrons. The molecule has 5 nitrogen and oxygen atoms in total. The average Bonchev–Trinajstić information content (AvgIpc) is 2.53. The zero-order valence-corrected chi connectivity index (χ0v) is 14.6. The Balaban J connectivity index is 3.49. The minimum Gasteiger partial charge on any atom is -0.382 e. The van der Waals surface area contributed by atoms with E-state index in [1.807, 2.05) is 0 Å². The van der Waals surface area contributed by atoms with Gasteiger partial charge in [0.15, 0.2) is 5.78 Å². The second kappa shape index (κ2) is 16.9. The number of methoxy groups -OCH3 is 1. The van der Waals surface area contributed by atoms with Gasteiger partial charge in [0.25, 0.3) is 0 Å². The average molecular weight is 318 g/mol. The van der Waals surface area contributed by atoms with Crippen molar-refractivity contribution >= 4 is 5.78 Å². The van der Waals surface area contributed by atoms with Crippen LogP contribution in [0.1, 0.15) is 46.0 Å². The zero-order chi connectivity index (χ0) is 16.5. The highest BCUT2D eigenvalue weighted by atomic mass is 16.6. The third kappa shape index (κ3) is 13.2. The molecule has 0 N–H and O–H groups in total. The van der Waals surface area contributed by atoms with E-state index in [-0.39, 0.29) is 18.3 Å². The van der Waals surface area contributed by atoms with Crippen LogP contribution in [0, 0.1) is 5.92 Å². The molecule has 22 heavy (non-hydrogen) atoms. The Morgan fingerprint density at radius 2 is 1.41 bits per heavy atom. The van der Waals surface area contributed by atoms with Crippen LogP contribution in [0.2, 0.25) is 0 Å². The molecule has 0 fully saturated rings. The van der Waals surface area contributed by atoms with E-state index in [4.69, 9.17) is 18.9 Å². The fourth-order valence-corrected chi connectivity index (χ4v) is 2.14. The topological polar surface area (TPSA) is 54.0 Å². The Kier molecular flexibility index (Phi) is 16.5. The van der Waals surface area contributed by atoms with Crippen LogP contribution >= 0.6 is 0 Å². The van der Waals surface area contributed by atoms with Crippen molar-refractivity contribution in [2.45, 2.75) is 46.0 Å². The number of ether oxygens (including phenoxy) is 4. The van der Waals surface area contributed by atoms with Gasteiger partial charge in [-0.3, -0.25) is 4.79 Å². The number of hydrogen-bond donors (Lipinski definition) is 0. The van der Waals surface area contributed by atoms with Crippen LogP contribution in [-0.2, 0) is 23.7 Å². The highest BCUT2D eigenvalue weighted by Gasteiger charge is 2.16. The third-order valence-electron chi connectivity index (χ3n) is 3.42. The molecule has 0 aromatic carbocycles. The molecule has 0 rings (SSSR count). The Labute approximate surface area is 135 Å². The third-order valence-corrected chi connectivity index (χ3v) is 3.42. The number of carbonyl (C=O) groups excluding carboxylic acids is 1. The molecule has 0 aromatic rings. The molecule has 5 heteroatoms. The lowest BCUT2D eigenvalue weighted by Crippen LogP contribution is -2.21. The molecule has 0 aliphatic carbocycles. The van der Waals surface area contributed by atoms with Crippen molar-refractivity contribution in [3.8, 4) is 0 Å². The van der Waals surface area contributed by atoms with Crippen molar-refractivity contribution in [2.75, 3.05) is 53.4 Å². The number of unbranched alkanes of at least 4 members (excludes halogenated alkanes) is 1. The van der Waals surface area contributed by atoms with Gasteiger partial charge in [-0.1, -0.05) is 33.1 Å². The SMILES string of the molecule is CCCCC(CCC)C(=O)COCCOCCOCCOC. The number of Topliss-reactive ketones (excluding diaryl/α,β-unsaturated/α-hetero) is 1. The minimum absolute atomic E-state index is 0.167. The molecule has 0 heterocycles. The Hall–Kier alpha value is -0.490. The molecule has 0 amide bonds. The first-order valence-corrected chi connectivity index (χ1v) is 8.51. The van der Waals surface area contributed by atoms with Crippen molar-refractivity contribution in [3.63, 3.8) is 0 Å². The van der Waals surface area contributed by atoms with Gasteiger partial charge >= 0.3 is 0 Å². The van der Waals surface area contributed by atoms with Crippen molar-refractivity contribution in [1.82, 2.24) is 0 Å². The maximum atomic E-state index is 12.1. The van der Waals surface area contributed by atoms with Crippen LogP contribution in [0.15, 0.2) is 0 Å². The number of rotatable bonds is 17. The predicted octanol–water partition coefficient (Wildman–Crippen LogP) is 2.86. The monoisotopic (exact) mass is 318 g/mol. The van der Waals surface area contributed by atoms with E-state index in [1.54, 1.807) is 7.11 Å². The van der Waals surface area contributed by atoms with Gasteiger partial charge in [0.1, 0.15) is 6.61 Å². The molecular formula is C17H34O5. The lowest BCUT2D eigenvalue weighted by atomic mass is 9.93. The molecule has 0 radical (unpaired) electrons. The molecular weight excluding hydrogens is 284 g/mol. The Bertz CT molecular complexity index is 245. The maximum Gasteiger partial charge on any atom is 0.161 e. The predicted molar refractivity (Wildman–Crippen MR) is 87.3 cm³/mol. The van der Waals surface area contributed by atoms with Crippen molar-refractivity contribution in [2.24, 2.45) is 5.92 Å². The smallest absolute Gasteiger partial charge is 0.161 e. The molecule has 1 unspecified atom stereocenters. The number of ketones is 1. The molecule has 0 bridgehead atoms. The normalized spacial score (nSPS) is 12.5. The second-order valence-electron chi connectivity index (χ2n) is 5.36. The van der Waals surface area contributed by atoms with Crippen LogP contribution < -0.4 is 0 Å². The van der Waals surface area contributed by atoms with Crippen LogP contribution in [0.4, 0.5) is 0 Å². The quantitative estimate of drug-likeness (QED) is 0.386. The van der Waals surface area contributed by atoms with Crippen molar-refractivity contribution in [3.05, 3.63) is 0 Å². The van der Waals surface area contributed by atoms with Gasteiger partial charge in [-0.15, -0.1) is 0 Å². The fraction of sp³-hybridized carbons (Fsp3) is 0.941. The lowest BCUT2D eigenvalue weighted by molar-refractivity contribution is -0.128. The summed E-state index contributed by atoms with van der Waals surface area (Å²) in [5.74, 6) is 0.401. The van der Waals surface area contributed by atoms with Gasteiger partial charge < -0.3 is 18.9 Å². The summed E-state index contributed by atoms with van der Waals surface area (Å²) in [5.41, 5.74) is 0. The van der Waals surface area contributed by atoms with E-state index >= 15 is 0 Å².